The molecule has 142 valence electrons. The van der Waals surface area contributed by atoms with Gasteiger partial charge in [0.05, 0.1) is 25.4 Å². The minimum Gasteiger partial charge on any atom is -0.450 e. The molecule has 0 atom stereocenters. The summed E-state index contributed by atoms with van der Waals surface area (Å²) in [5.74, 6) is 0.431. The number of carbonyl (C=O) groups excluding carboxylic acids is 2. The van der Waals surface area contributed by atoms with Crippen molar-refractivity contribution < 1.29 is 19.1 Å². The number of piperidine rings is 1. The van der Waals surface area contributed by atoms with Crippen molar-refractivity contribution in [3.63, 3.8) is 0 Å². The van der Waals surface area contributed by atoms with Gasteiger partial charge in [0.25, 0.3) is 5.91 Å². The van der Waals surface area contributed by atoms with Gasteiger partial charge in [0.15, 0.2) is 0 Å². The van der Waals surface area contributed by atoms with Crippen LogP contribution in [0, 0.1) is 0 Å². The third-order valence-corrected chi connectivity index (χ3v) is 4.55. The first kappa shape index (κ1) is 18.4. The number of hydrogen-bond donors (Lipinski definition) is 1. The topological polar surface area (TPSA) is 96.9 Å². The van der Waals surface area contributed by atoms with E-state index >= 15 is 0 Å². The monoisotopic (exact) mass is 363 g/mol. The van der Waals surface area contributed by atoms with Crippen molar-refractivity contribution >= 4 is 17.9 Å². The van der Waals surface area contributed by atoms with Crippen LogP contribution in [0.15, 0.2) is 12.4 Å². The highest BCUT2D eigenvalue weighted by atomic mass is 16.6. The van der Waals surface area contributed by atoms with Crippen LogP contribution in [0.5, 0.6) is 0 Å². The summed E-state index contributed by atoms with van der Waals surface area (Å²) in [4.78, 5) is 36.1. The Morgan fingerprint density at radius 1 is 1.15 bits per heavy atom. The van der Waals surface area contributed by atoms with Gasteiger partial charge in [0.1, 0.15) is 0 Å². The third kappa shape index (κ3) is 4.60. The minimum absolute atomic E-state index is 0.0670. The summed E-state index contributed by atoms with van der Waals surface area (Å²) in [7, 11) is 0. The summed E-state index contributed by atoms with van der Waals surface area (Å²) in [5, 5.41) is 3.27. The molecule has 0 bridgehead atoms. The Bertz CT molecular complexity index is 610. The first-order valence-corrected chi connectivity index (χ1v) is 9.04. The van der Waals surface area contributed by atoms with Gasteiger partial charge in [-0.1, -0.05) is 0 Å². The lowest BCUT2D eigenvalue weighted by Gasteiger charge is -2.31. The van der Waals surface area contributed by atoms with Crippen LogP contribution in [-0.4, -0.2) is 83.8 Å². The maximum Gasteiger partial charge on any atom is 0.409 e. The summed E-state index contributed by atoms with van der Waals surface area (Å²) in [6.45, 7) is 5.80. The van der Waals surface area contributed by atoms with Crippen molar-refractivity contribution in [3.05, 3.63) is 18.0 Å². The molecule has 2 aliphatic rings. The molecule has 2 amide bonds. The first-order valence-electron chi connectivity index (χ1n) is 9.04. The van der Waals surface area contributed by atoms with Gasteiger partial charge in [-0.3, -0.25) is 4.79 Å². The molecular formula is C17H25N5O4. The zero-order chi connectivity index (χ0) is 18.4. The predicted molar refractivity (Wildman–Crippen MR) is 94.0 cm³/mol. The molecule has 0 spiro atoms. The second-order valence-corrected chi connectivity index (χ2v) is 6.30. The van der Waals surface area contributed by atoms with E-state index in [0.717, 1.165) is 12.8 Å². The molecule has 2 saturated heterocycles. The Kier molecular flexibility index (Phi) is 6.21. The number of aromatic nitrogens is 2. The summed E-state index contributed by atoms with van der Waals surface area (Å²) in [6.07, 6.45) is 4.46. The number of carbonyl (C=O) groups is 2. The fourth-order valence-corrected chi connectivity index (χ4v) is 3.07. The van der Waals surface area contributed by atoms with Crippen molar-refractivity contribution in [3.8, 4) is 0 Å². The van der Waals surface area contributed by atoms with Crippen LogP contribution in [-0.2, 0) is 9.47 Å². The molecule has 2 aliphatic heterocycles. The maximum atomic E-state index is 12.4. The van der Waals surface area contributed by atoms with Crippen LogP contribution in [0.2, 0.25) is 0 Å². The zero-order valence-electron chi connectivity index (χ0n) is 15.0. The quantitative estimate of drug-likeness (QED) is 0.852. The van der Waals surface area contributed by atoms with Crippen molar-refractivity contribution in [2.24, 2.45) is 0 Å². The molecule has 1 aromatic rings. The number of nitrogens with one attached hydrogen (secondary N) is 1. The number of rotatable bonds is 4. The highest BCUT2D eigenvalue weighted by Crippen LogP contribution is 2.15. The Labute approximate surface area is 152 Å². The Balaban J connectivity index is 1.49. The number of morpholine rings is 1. The lowest BCUT2D eigenvalue weighted by atomic mass is 10.1. The van der Waals surface area contributed by atoms with E-state index in [4.69, 9.17) is 9.47 Å². The SMILES string of the molecule is CCOC(=O)N1CCC(Nc2ncc(C(=O)N3CCOCC3)cn2)CC1. The van der Waals surface area contributed by atoms with E-state index in [1.54, 1.807) is 29.1 Å². The summed E-state index contributed by atoms with van der Waals surface area (Å²) >= 11 is 0. The highest BCUT2D eigenvalue weighted by Gasteiger charge is 2.24. The summed E-state index contributed by atoms with van der Waals surface area (Å²) in [6, 6.07) is 0.196. The third-order valence-electron chi connectivity index (χ3n) is 4.55. The lowest BCUT2D eigenvalue weighted by Crippen LogP contribution is -2.42. The molecular weight excluding hydrogens is 338 g/mol. The van der Waals surface area contributed by atoms with E-state index in [1.165, 1.54) is 0 Å². The van der Waals surface area contributed by atoms with Gasteiger partial charge in [0.2, 0.25) is 5.95 Å². The molecule has 0 unspecified atom stereocenters. The van der Waals surface area contributed by atoms with E-state index in [2.05, 4.69) is 15.3 Å². The first-order chi connectivity index (χ1) is 12.7. The average Bonchev–Trinajstić information content (AvgIpc) is 2.69. The summed E-state index contributed by atoms with van der Waals surface area (Å²) < 4.78 is 10.3. The van der Waals surface area contributed by atoms with Crippen LogP contribution in [0.3, 0.4) is 0 Å². The fraction of sp³-hybridized carbons (Fsp3) is 0.647. The molecule has 2 fully saturated rings. The van der Waals surface area contributed by atoms with Gasteiger partial charge in [-0.2, -0.15) is 0 Å². The van der Waals surface area contributed by atoms with Crippen molar-refractivity contribution in [1.29, 1.82) is 0 Å². The number of amides is 2. The van der Waals surface area contributed by atoms with E-state index in [-0.39, 0.29) is 18.0 Å². The highest BCUT2D eigenvalue weighted by molar-refractivity contribution is 5.93. The smallest absolute Gasteiger partial charge is 0.409 e. The Hall–Kier alpha value is -2.42. The maximum absolute atomic E-state index is 12.4. The predicted octanol–water partition coefficient (Wildman–Crippen LogP) is 0.982. The molecule has 0 radical (unpaired) electrons. The largest absolute Gasteiger partial charge is 0.450 e. The standard InChI is InChI=1S/C17H25N5O4/c1-2-26-17(24)22-5-3-14(4-6-22)20-16-18-11-13(12-19-16)15(23)21-7-9-25-10-8-21/h11-12,14H,2-10H2,1H3,(H,18,19,20). The van der Waals surface area contributed by atoms with E-state index < -0.39 is 0 Å². The van der Waals surface area contributed by atoms with Gasteiger partial charge in [0, 0.05) is 44.6 Å². The van der Waals surface area contributed by atoms with Crippen LogP contribution >= 0.6 is 0 Å². The van der Waals surface area contributed by atoms with Crippen LogP contribution in [0.25, 0.3) is 0 Å². The summed E-state index contributed by atoms with van der Waals surface area (Å²) in [5.41, 5.74) is 0.481. The number of ether oxygens (including phenoxy) is 2. The lowest BCUT2D eigenvalue weighted by molar-refractivity contribution is 0.0302. The fourth-order valence-electron chi connectivity index (χ4n) is 3.07. The molecule has 0 aromatic carbocycles. The van der Waals surface area contributed by atoms with E-state index in [0.29, 0.717) is 57.5 Å². The normalized spacial score (nSPS) is 18.5. The van der Waals surface area contributed by atoms with Gasteiger partial charge >= 0.3 is 6.09 Å². The number of nitrogens with zero attached hydrogens (tertiary/aromatic N) is 4. The van der Waals surface area contributed by atoms with Crippen molar-refractivity contribution in [2.45, 2.75) is 25.8 Å². The molecule has 0 aliphatic carbocycles. The Morgan fingerprint density at radius 3 is 2.42 bits per heavy atom. The van der Waals surface area contributed by atoms with Crippen molar-refractivity contribution in [1.82, 2.24) is 19.8 Å². The molecule has 1 N–H and O–H groups in total. The number of anilines is 1. The van der Waals surface area contributed by atoms with Gasteiger partial charge in [-0.25, -0.2) is 14.8 Å². The van der Waals surface area contributed by atoms with Gasteiger partial charge < -0.3 is 24.6 Å². The molecule has 26 heavy (non-hydrogen) atoms. The minimum atomic E-state index is -0.256. The average molecular weight is 363 g/mol. The Morgan fingerprint density at radius 2 is 1.81 bits per heavy atom. The van der Waals surface area contributed by atoms with Crippen LogP contribution in [0.4, 0.5) is 10.7 Å². The van der Waals surface area contributed by atoms with Gasteiger partial charge in [-0.15, -0.1) is 0 Å². The number of likely N-dealkylation sites (tertiary alicyclic amines) is 1. The second-order valence-electron chi connectivity index (χ2n) is 6.30. The van der Waals surface area contributed by atoms with Crippen LogP contribution < -0.4 is 5.32 Å². The number of hydrogen-bond acceptors (Lipinski definition) is 7. The van der Waals surface area contributed by atoms with E-state index in [1.807, 2.05) is 0 Å². The molecule has 0 saturated carbocycles. The molecule has 9 heteroatoms. The second kappa shape index (κ2) is 8.79. The molecule has 3 heterocycles. The van der Waals surface area contributed by atoms with Gasteiger partial charge in [-0.05, 0) is 19.8 Å². The van der Waals surface area contributed by atoms with Crippen molar-refractivity contribution in [2.75, 3.05) is 51.3 Å². The molecule has 1 aromatic heterocycles. The van der Waals surface area contributed by atoms with Crippen LogP contribution in [0.1, 0.15) is 30.1 Å². The zero-order valence-corrected chi connectivity index (χ0v) is 15.0. The molecule has 3 rings (SSSR count). The van der Waals surface area contributed by atoms with E-state index in [9.17, 15) is 9.59 Å². The molecule has 9 nitrogen and oxygen atoms in total.